The maximum Gasteiger partial charge on any atom is 0.246 e. The van der Waals surface area contributed by atoms with Gasteiger partial charge in [0.2, 0.25) is 5.91 Å². The average molecular weight is 321 g/mol. The Morgan fingerprint density at radius 1 is 1.04 bits per heavy atom. The Bertz CT molecular complexity index is 540. The number of hydrogen-bond acceptors (Lipinski definition) is 4. The third-order valence-electron chi connectivity index (χ3n) is 3.62. The van der Waals surface area contributed by atoms with Gasteiger partial charge in [-0.15, -0.1) is 0 Å². The molecule has 0 aromatic heterocycles. The van der Waals surface area contributed by atoms with Crippen molar-refractivity contribution in [1.82, 2.24) is 4.90 Å². The van der Waals surface area contributed by atoms with E-state index >= 15 is 0 Å². The van der Waals surface area contributed by atoms with Gasteiger partial charge < -0.3 is 19.1 Å². The maximum absolute atomic E-state index is 12.3. The fourth-order valence-corrected chi connectivity index (χ4v) is 2.22. The van der Waals surface area contributed by atoms with Crippen molar-refractivity contribution in [3.8, 4) is 17.2 Å². The lowest BCUT2D eigenvalue weighted by molar-refractivity contribution is -0.125. The molecule has 0 aliphatic rings. The molecule has 0 aliphatic heterocycles. The zero-order valence-corrected chi connectivity index (χ0v) is 14.7. The number of carbonyl (C=O) groups is 1. The number of carbonyl (C=O) groups excluding carboxylic acids is 1. The van der Waals surface area contributed by atoms with E-state index in [1.54, 1.807) is 45.6 Å². The van der Waals surface area contributed by atoms with Gasteiger partial charge in [0.05, 0.1) is 21.3 Å². The first-order chi connectivity index (χ1) is 11.1. The van der Waals surface area contributed by atoms with Crippen LogP contribution in [0.5, 0.6) is 17.2 Å². The van der Waals surface area contributed by atoms with E-state index in [-0.39, 0.29) is 5.91 Å². The lowest BCUT2D eigenvalue weighted by Crippen LogP contribution is -2.30. The Morgan fingerprint density at radius 2 is 1.65 bits per heavy atom. The number of nitrogens with zero attached hydrogens (tertiary/aromatic N) is 1. The van der Waals surface area contributed by atoms with Crippen LogP contribution in [-0.4, -0.2) is 45.2 Å². The van der Waals surface area contributed by atoms with Crippen LogP contribution >= 0.6 is 0 Å². The smallest absolute Gasteiger partial charge is 0.246 e. The molecule has 5 nitrogen and oxygen atoms in total. The van der Waals surface area contributed by atoms with E-state index in [9.17, 15) is 4.79 Å². The third-order valence-corrected chi connectivity index (χ3v) is 3.62. The summed E-state index contributed by atoms with van der Waals surface area (Å²) in [5.41, 5.74) is 0.769. The zero-order chi connectivity index (χ0) is 17.2. The van der Waals surface area contributed by atoms with E-state index in [4.69, 9.17) is 14.2 Å². The van der Waals surface area contributed by atoms with Gasteiger partial charge in [0.25, 0.3) is 0 Å². The molecule has 1 aromatic carbocycles. The predicted molar refractivity (Wildman–Crippen MR) is 92.3 cm³/mol. The van der Waals surface area contributed by atoms with Crippen molar-refractivity contribution in [3.63, 3.8) is 0 Å². The van der Waals surface area contributed by atoms with Gasteiger partial charge in [-0.2, -0.15) is 0 Å². The topological polar surface area (TPSA) is 48.0 Å². The maximum atomic E-state index is 12.3. The molecule has 1 rings (SSSR count). The van der Waals surface area contributed by atoms with Gasteiger partial charge in [-0.05, 0) is 25.5 Å². The van der Waals surface area contributed by atoms with E-state index < -0.39 is 0 Å². The van der Waals surface area contributed by atoms with Crippen LogP contribution in [-0.2, 0) is 4.79 Å². The molecule has 0 aliphatic carbocycles. The Labute approximate surface area is 138 Å². The molecule has 0 bridgehead atoms. The van der Waals surface area contributed by atoms with Crippen molar-refractivity contribution in [1.29, 1.82) is 0 Å². The minimum atomic E-state index is -0.00205. The Balaban J connectivity index is 2.99. The summed E-state index contributed by atoms with van der Waals surface area (Å²) in [6, 6.07) is 3.54. The van der Waals surface area contributed by atoms with E-state index in [0.29, 0.717) is 23.8 Å². The first-order valence-electron chi connectivity index (χ1n) is 7.88. The molecule has 0 atom stereocenters. The predicted octanol–water partition coefficient (Wildman–Crippen LogP) is 3.37. The highest BCUT2D eigenvalue weighted by Crippen LogP contribution is 2.35. The molecule has 23 heavy (non-hydrogen) atoms. The highest BCUT2D eigenvalue weighted by Gasteiger charge is 2.11. The second-order valence-corrected chi connectivity index (χ2v) is 5.05. The molecule has 0 spiro atoms. The van der Waals surface area contributed by atoms with Crippen molar-refractivity contribution >= 4 is 12.0 Å². The number of unbranched alkanes of at least 4 members (excludes halogenated alkanes) is 1. The van der Waals surface area contributed by atoms with Gasteiger partial charge in [0, 0.05) is 30.8 Å². The summed E-state index contributed by atoms with van der Waals surface area (Å²) in [7, 11) is 4.73. The van der Waals surface area contributed by atoms with Crippen molar-refractivity contribution in [3.05, 3.63) is 23.8 Å². The molecule has 0 fully saturated rings. The molecular weight excluding hydrogens is 294 g/mol. The van der Waals surface area contributed by atoms with Crippen LogP contribution in [0.4, 0.5) is 0 Å². The normalized spacial score (nSPS) is 10.7. The molecule has 0 saturated heterocycles. The average Bonchev–Trinajstić information content (AvgIpc) is 2.59. The molecule has 0 heterocycles. The number of likely N-dealkylation sites (N-methyl/N-ethyl adjacent to an activating group) is 1. The molecule has 128 valence electrons. The first kappa shape index (κ1) is 18.9. The first-order valence-corrected chi connectivity index (χ1v) is 7.88. The number of hydrogen-bond donors (Lipinski definition) is 0. The van der Waals surface area contributed by atoms with Gasteiger partial charge in [-0.3, -0.25) is 4.79 Å². The minimum absolute atomic E-state index is 0.00205. The van der Waals surface area contributed by atoms with Crippen LogP contribution in [0.1, 0.15) is 32.3 Å². The minimum Gasteiger partial charge on any atom is -0.496 e. The van der Waals surface area contributed by atoms with Crippen molar-refractivity contribution in [2.45, 2.75) is 26.7 Å². The number of ether oxygens (including phenoxy) is 3. The Morgan fingerprint density at radius 3 is 2.17 bits per heavy atom. The van der Waals surface area contributed by atoms with Crippen molar-refractivity contribution in [2.24, 2.45) is 0 Å². The summed E-state index contributed by atoms with van der Waals surface area (Å²) in [4.78, 5) is 14.1. The number of methoxy groups -OCH3 is 3. The van der Waals surface area contributed by atoms with Crippen molar-refractivity contribution in [2.75, 3.05) is 34.4 Å². The summed E-state index contributed by atoms with van der Waals surface area (Å²) in [5.74, 6) is 1.81. The van der Waals surface area contributed by atoms with E-state index in [1.807, 2.05) is 11.8 Å². The van der Waals surface area contributed by atoms with Crippen LogP contribution in [0.2, 0.25) is 0 Å². The molecule has 5 heteroatoms. The molecule has 0 N–H and O–H groups in total. The second kappa shape index (κ2) is 9.77. The van der Waals surface area contributed by atoms with Crippen LogP contribution < -0.4 is 14.2 Å². The Kier molecular flexibility index (Phi) is 8.02. The number of rotatable bonds is 9. The van der Waals surface area contributed by atoms with Gasteiger partial charge in [-0.1, -0.05) is 13.3 Å². The van der Waals surface area contributed by atoms with Gasteiger partial charge in [0.1, 0.15) is 5.75 Å². The fraction of sp³-hybridized carbons (Fsp3) is 0.500. The second-order valence-electron chi connectivity index (χ2n) is 5.05. The number of benzene rings is 1. The third kappa shape index (κ3) is 5.20. The lowest BCUT2D eigenvalue weighted by Gasteiger charge is -2.18. The molecule has 1 amide bonds. The summed E-state index contributed by atoms with van der Waals surface area (Å²) < 4.78 is 15.9. The van der Waals surface area contributed by atoms with Crippen LogP contribution in [0.15, 0.2) is 18.2 Å². The highest BCUT2D eigenvalue weighted by molar-refractivity contribution is 5.92. The van der Waals surface area contributed by atoms with Gasteiger partial charge >= 0.3 is 0 Å². The van der Waals surface area contributed by atoms with Crippen molar-refractivity contribution < 1.29 is 19.0 Å². The van der Waals surface area contributed by atoms with Crippen LogP contribution in [0.25, 0.3) is 6.08 Å². The fourth-order valence-electron chi connectivity index (χ4n) is 2.22. The summed E-state index contributed by atoms with van der Waals surface area (Å²) in [6.45, 7) is 5.58. The SMILES string of the molecule is CCCCN(CC)C(=O)/C=C/c1cc(OC)c(OC)cc1OC. The molecule has 0 saturated carbocycles. The van der Waals surface area contributed by atoms with E-state index in [1.165, 1.54) is 0 Å². The number of amides is 1. The highest BCUT2D eigenvalue weighted by atomic mass is 16.5. The standard InChI is InChI=1S/C18H27NO4/c1-6-8-11-19(7-2)18(20)10-9-14-12-16(22-4)17(23-5)13-15(14)21-3/h9-10,12-13H,6-8,11H2,1-5H3/b10-9+. The quantitative estimate of drug-likeness (QED) is 0.654. The van der Waals surface area contributed by atoms with E-state index in [0.717, 1.165) is 24.9 Å². The van der Waals surface area contributed by atoms with E-state index in [2.05, 4.69) is 6.92 Å². The summed E-state index contributed by atoms with van der Waals surface area (Å²) >= 11 is 0. The molecule has 0 unspecified atom stereocenters. The van der Waals surface area contributed by atoms with Gasteiger partial charge in [-0.25, -0.2) is 0 Å². The Hall–Kier alpha value is -2.17. The van der Waals surface area contributed by atoms with Crippen LogP contribution in [0, 0.1) is 0 Å². The largest absolute Gasteiger partial charge is 0.496 e. The van der Waals surface area contributed by atoms with Crippen LogP contribution in [0.3, 0.4) is 0 Å². The summed E-state index contributed by atoms with van der Waals surface area (Å²) in [6.07, 6.45) is 5.39. The summed E-state index contributed by atoms with van der Waals surface area (Å²) in [5, 5.41) is 0. The monoisotopic (exact) mass is 321 g/mol. The molecule has 0 radical (unpaired) electrons. The molecule has 1 aromatic rings. The molecular formula is C18H27NO4. The zero-order valence-electron chi connectivity index (χ0n) is 14.7. The lowest BCUT2D eigenvalue weighted by atomic mass is 10.1. The van der Waals surface area contributed by atoms with Gasteiger partial charge in [0.15, 0.2) is 11.5 Å².